The fraction of sp³-hybridized carbons (Fsp3) is 0.571. The second-order valence-electron chi connectivity index (χ2n) is 2.95. The molecule has 1 aromatic heterocycles. The number of hydrogen-bond acceptors (Lipinski definition) is 3. The number of rotatable bonds is 4. The van der Waals surface area contributed by atoms with Crippen LogP contribution in [0.25, 0.3) is 0 Å². The summed E-state index contributed by atoms with van der Waals surface area (Å²) in [5, 5.41) is 6.09. The Bertz CT molecular complexity index is 376. The van der Waals surface area contributed by atoms with Crippen molar-refractivity contribution in [2.45, 2.75) is 18.0 Å². The molecule has 5 nitrogen and oxygen atoms in total. The minimum atomic E-state index is -3.48. The largest absolute Gasteiger partial charge is 0.266 e. The number of alkyl halides is 1. The molecule has 0 radical (unpaired) electrons. The van der Waals surface area contributed by atoms with Crippen molar-refractivity contribution in [2.24, 2.45) is 0 Å². The van der Waals surface area contributed by atoms with Crippen LogP contribution in [-0.2, 0) is 10.0 Å². The van der Waals surface area contributed by atoms with Gasteiger partial charge in [-0.3, -0.25) is 5.10 Å². The lowest BCUT2D eigenvalue weighted by molar-refractivity contribution is 0.411. The number of sulfonamides is 1. The molecule has 1 N–H and O–H groups in total. The molecule has 1 atom stereocenters. The Balaban J connectivity index is 2.97. The Hall–Kier alpha value is -0.590. The second-order valence-corrected chi connectivity index (χ2v) is 5.22. The zero-order valence-electron chi connectivity index (χ0n) is 7.94. The standard InChI is InChI=1S/C7H12ClN3O2S/c1-6(5-8)11(2)14(12,13)7-3-4-9-10-7/h3-4,6H,5H2,1-2H3,(H,9,10). The normalized spacial score (nSPS) is 14.6. The lowest BCUT2D eigenvalue weighted by Crippen LogP contribution is -2.36. The van der Waals surface area contributed by atoms with Gasteiger partial charge in [0.05, 0.1) is 6.20 Å². The summed E-state index contributed by atoms with van der Waals surface area (Å²) in [4.78, 5) is 0. The summed E-state index contributed by atoms with van der Waals surface area (Å²) in [6.45, 7) is 1.74. The van der Waals surface area contributed by atoms with Crippen molar-refractivity contribution in [1.29, 1.82) is 0 Å². The molecule has 0 bridgehead atoms. The van der Waals surface area contributed by atoms with Crippen LogP contribution in [0.4, 0.5) is 0 Å². The van der Waals surface area contributed by atoms with Gasteiger partial charge in [0.25, 0.3) is 10.0 Å². The van der Waals surface area contributed by atoms with Crippen LogP contribution < -0.4 is 0 Å². The van der Waals surface area contributed by atoms with Crippen molar-refractivity contribution in [3.8, 4) is 0 Å². The quantitative estimate of drug-likeness (QED) is 0.783. The number of aromatic nitrogens is 2. The Labute approximate surface area is 88.1 Å². The van der Waals surface area contributed by atoms with Crippen molar-refractivity contribution >= 4 is 21.6 Å². The predicted octanol–water partition coefficient (Wildman–Crippen LogP) is 0.657. The first-order valence-electron chi connectivity index (χ1n) is 4.03. The van der Waals surface area contributed by atoms with E-state index in [0.717, 1.165) is 0 Å². The first-order valence-corrected chi connectivity index (χ1v) is 6.01. The fourth-order valence-corrected chi connectivity index (χ4v) is 2.42. The molecule has 0 aromatic carbocycles. The van der Waals surface area contributed by atoms with Gasteiger partial charge in [-0.25, -0.2) is 8.42 Å². The van der Waals surface area contributed by atoms with Gasteiger partial charge in [0, 0.05) is 19.0 Å². The first-order chi connectivity index (χ1) is 6.50. The fourth-order valence-electron chi connectivity index (χ4n) is 0.876. The molecule has 7 heteroatoms. The van der Waals surface area contributed by atoms with Crippen LogP contribution in [0.1, 0.15) is 6.92 Å². The zero-order chi connectivity index (χ0) is 10.8. The third-order valence-corrected chi connectivity index (χ3v) is 4.32. The smallest absolute Gasteiger partial charge is 0.259 e. The van der Waals surface area contributed by atoms with Crippen molar-refractivity contribution in [3.63, 3.8) is 0 Å². The molecule has 80 valence electrons. The molecular weight excluding hydrogens is 226 g/mol. The van der Waals surface area contributed by atoms with Crippen LogP contribution in [0.15, 0.2) is 17.3 Å². The van der Waals surface area contributed by atoms with Crippen molar-refractivity contribution in [2.75, 3.05) is 12.9 Å². The Morgan fingerprint density at radius 2 is 2.36 bits per heavy atom. The van der Waals surface area contributed by atoms with E-state index in [9.17, 15) is 8.42 Å². The highest BCUT2D eigenvalue weighted by atomic mass is 35.5. The van der Waals surface area contributed by atoms with E-state index in [1.165, 1.54) is 23.6 Å². The molecule has 0 fully saturated rings. The van der Waals surface area contributed by atoms with Gasteiger partial charge in [-0.2, -0.15) is 9.40 Å². The SMILES string of the molecule is CC(CCl)N(C)S(=O)(=O)c1ccn[nH]1. The minimum Gasteiger partial charge on any atom is -0.266 e. The molecule has 0 spiro atoms. The molecule has 1 rings (SSSR count). The molecule has 14 heavy (non-hydrogen) atoms. The highest BCUT2D eigenvalue weighted by Crippen LogP contribution is 2.13. The highest BCUT2D eigenvalue weighted by molar-refractivity contribution is 7.89. The van der Waals surface area contributed by atoms with E-state index < -0.39 is 10.0 Å². The molecule has 0 amide bonds. The summed E-state index contributed by atoms with van der Waals surface area (Å²) in [6, 6.07) is 1.16. The van der Waals surface area contributed by atoms with Gasteiger partial charge < -0.3 is 0 Å². The van der Waals surface area contributed by atoms with Crippen LogP contribution >= 0.6 is 11.6 Å². The van der Waals surface area contributed by atoms with Crippen LogP contribution in [0.5, 0.6) is 0 Å². The summed E-state index contributed by atoms with van der Waals surface area (Å²) in [7, 11) is -1.99. The van der Waals surface area contributed by atoms with E-state index >= 15 is 0 Å². The van der Waals surface area contributed by atoms with Gasteiger partial charge in [0.2, 0.25) is 0 Å². The summed E-state index contributed by atoms with van der Waals surface area (Å²) in [5.74, 6) is 0.254. The Morgan fingerprint density at radius 3 is 2.79 bits per heavy atom. The summed E-state index contributed by atoms with van der Waals surface area (Å²) >= 11 is 5.58. The van der Waals surface area contributed by atoms with E-state index in [-0.39, 0.29) is 16.9 Å². The van der Waals surface area contributed by atoms with E-state index in [4.69, 9.17) is 11.6 Å². The summed E-state index contributed by atoms with van der Waals surface area (Å²) in [6.07, 6.45) is 1.39. The van der Waals surface area contributed by atoms with E-state index in [2.05, 4.69) is 10.2 Å². The lowest BCUT2D eigenvalue weighted by atomic mass is 10.4. The van der Waals surface area contributed by atoms with Crippen LogP contribution in [-0.4, -0.2) is 41.9 Å². The highest BCUT2D eigenvalue weighted by Gasteiger charge is 2.25. The van der Waals surface area contributed by atoms with Gasteiger partial charge in [0.15, 0.2) is 5.03 Å². The topological polar surface area (TPSA) is 66.1 Å². The molecule has 0 aliphatic carbocycles. The first kappa shape index (κ1) is 11.5. The molecule has 1 unspecified atom stereocenters. The third-order valence-electron chi connectivity index (χ3n) is 1.98. The Morgan fingerprint density at radius 1 is 1.71 bits per heavy atom. The zero-order valence-corrected chi connectivity index (χ0v) is 9.51. The van der Waals surface area contributed by atoms with Gasteiger partial charge >= 0.3 is 0 Å². The van der Waals surface area contributed by atoms with Crippen molar-refractivity contribution in [3.05, 3.63) is 12.3 Å². The van der Waals surface area contributed by atoms with Gasteiger partial charge in [0.1, 0.15) is 0 Å². The molecule has 1 heterocycles. The van der Waals surface area contributed by atoms with Gasteiger partial charge in [-0.05, 0) is 13.0 Å². The predicted molar refractivity (Wildman–Crippen MR) is 53.7 cm³/mol. The molecule has 0 aliphatic rings. The Kier molecular flexibility index (Phi) is 3.52. The van der Waals surface area contributed by atoms with Crippen LogP contribution in [0, 0.1) is 0 Å². The number of H-pyrrole nitrogens is 1. The second kappa shape index (κ2) is 4.29. The van der Waals surface area contributed by atoms with E-state index in [1.54, 1.807) is 6.92 Å². The number of nitrogens with zero attached hydrogens (tertiary/aromatic N) is 2. The monoisotopic (exact) mass is 237 g/mol. The number of halogens is 1. The average molecular weight is 238 g/mol. The van der Waals surface area contributed by atoms with Crippen LogP contribution in [0.2, 0.25) is 0 Å². The van der Waals surface area contributed by atoms with Crippen molar-refractivity contribution < 1.29 is 8.42 Å². The minimum absolute atomic E-state index is 0.0805. The summed E-state index contributed by atoms with van der Waals surface area (Å²) in [5.41, 5.74) is 0. The summed E-state index contributed by atoms with van der Waals surface area (Å²) < 4.78 is 24.8. The van der Waals surface area contributed by atoms with Gasteiger partial charge in [-0.1, -0.05) is 0 Å². The molecule has 0 saturated carbocycles. The molecule has 0 saturated heterocycles. The third kappa shape index (κ3) is 2.08. The maximum absolute atomic E-state index is 11.8. The van der Waals surface area contributed by atoms with Crippen molar-refractivity contribution in [1.82, 2.24) is 14.5 Å². The number of nitrogens with one attached hydrogen (secondary N) is 1. The molecule has 1 aromatic rings. The molecule has 0 aliphatic heterocycles. The van der Waals surface area contributed by atoms with Gasteiger partial charge in [-0.15, -0.1) is 11.6 Å². The lowest BCUT2D eigenvalue weighted by Gasteiger charge is -2.21. The van der Waals surface area contributed by atoms with E-state index in [1.807, 2.05) is 0 Å². The maximum atomic E-state index is 11.8. The molecular formula is C7H12ClN3O2S. The number of hydrogen-bond donors (Lipinski definition) is 1. The maximum Gasteiger partial charge on any atom is 0.259 e. The van der Waals surface area contributed by atoms with E-state index in [0.29, 0.717) is 0 Å². The average Bonchev–Trinajstić information content (AvgIpc) is 2.68. The number of aromatic amines is 1. The van der Waals surface area contributed by atoms with Crippen LogP contribution in [0.3, 0.4) is 0 Å².